The minimum absolute atomic E-state index is 0.558. The molecule has 1 aliphatic rings. The van der Waals surface area contributed by atoms with E-state index in [4.69, 9.17) is 10.2 Å². The molecule has 29 heavy (non-hydrogen) atoms. The lowest BCUT2D eigenvalue weighted by molar-refractivity contribution is -0.134. The SMILES string of the molecule is CN(C)CCC=C1c2ccccc2CS(=O)c2sccc21.O=C(O)C=CC(=O)O. The molecule has 0 amide bonds. The minimum Gasteiger partial charge on any atom is -0.478 e. The summed E-state index contributed by atoms with van der Waals surface area (Å²) in [7, 11) is 3.25. The zero-order valence-electron chi connectivity index (χ0n) is 16.2. The molecule has 6 nitrogen and oxygen atoms in total. The second-order valence-electron chi connectivity index (χ2n) is 6.49. The first-order valence-electron chi connectivity index (χ1n) is 8.83. The summed E-state index contributed by atoms with van der Waals surface area (Å²) in [5, 5.41) is 17.7. The van der Waals surface area contributed by atoms with E-state index >= 15 is 0 Å². The van der Waals surface area contributed by atoms with Crippen molar-refractivity contribution in [1.82, 2.24) is 4.90 Å². The fourth-order valence-corrected chi connectivity index (χ4v) is 5.26. The van der Waals surface area contributed by atoms with Crippen molar-refractivity contribution in [2.24, 2.45) is 0 Å². The highest BCUT2D eigenvalue weighted by atomic mass is 32.2. The van der Waals surface area contributed by atoms with Crippen molar-refractivity contribution < 1.29 is 24.0 Å². The largest absolute Gasteiger partial charge is 0.478 e. The smallest absolute Gasteiger partial charge is 0.328 e. The number of thiophene rings is 1. The number of carbonyl (C=O) groups is 2. The molecule has 1 atom stereocenters. The third-order valence-corrected chi connectivity index (χ3v) is 6.77. The molecular weight excluding hydrogens is 410 g/mol. The van der Waals surface area contributed by atoms with Crippen LogP contribution in [0.15, 0.2) is 58.1 Å². The summed E-state index contributed by atoms with van der Waals surface area (Å²) >= 11 is 1.61. The van der Waals surface area contributed by atoms with Crippen LogP contribution >= 0.6 is 11.3 Å². The molecule has 1 aromatic carbocycles. The highest BCUT2D eigenvalue weighted by Gasteiger charge is 2.23. The monoisotopic (exact) mass is 433 g/mol. The zero-order valence-corrected chi connectivity index (χ0v) is 17.8. The van der Waals surface area contributed by atoms with E-state index in [0.717, 1.165) is 22.7 Å². The minimum atomic E-state index is -1.26. The van der Waals surface area contributed by atoms with Crippen LogP contribution in [0.25, 0.3) is 5.57 Å². The van der Waals surface area contributed by atoms with Gasteiger partial charge in [0.15, 0.2) is 0 Å². The Kier molecular flexibility index (Phi) is 8.50. The number of rotatable bonds is 5. The molecule has 2 heterocycles. The topological polar surface area (TPSA) is 94.9 Å². The van der Waals surface area contributed by atoms with E-state index in [1.165, 1.54) is 16.7 Å². The quantitative estimate of drug-likeness (QED) is 0.701. The van der Waals surface area contributed by atoms with Gasteiger partial charge in [0.25, 0.3) is 0 Å². The van der Waals surface area contributed by atoms with Crippen molar-refractivity contribution in [3.63, 3.8) is 0 Å². The lowest BCUT2D eigenvalue weighted by Crippen LogP contribution is -2.12. The van der Waals surface area contributed by atoms with Gasteiger partial charge in [-0.15, -0.1) is 11.3 Å². The fourth-order valence-electron chi connectivity index (χ4n) is 2.76. The Morgan fingerprint density at radius 2 is 1.76 bits per heavy atom. The number of carboxylic acid groups (broad SMARTS) is 2. The van der Waals surface area contributed by atoms with Crippen molar-refractivity contribution in [2.75, 3.05) is 20.6 Å². The first kappa shape index (κ1) is 22.7. The average Bonchev–Trinajstić information content (AvgIpc) is 3.10. The van der Waals surface area contributed by atoms with Crippen molar-refractivity contribution in [3.05, 3.63) is 70.6 Å². The second-order valence-corrected chi connectivity index (χ2v) is 9.05. The average molecular weight is 434 g/mol. The summed E-state index contributed by atoms with van der Waals surface area (Å²) in [6.07, 6.45) is 4.41. The normalized spacial score (nSPS) is 16.7. The van der Waals surface area contributed by atoms with Gasteiger partial charge in [0.1, 0.15) is 0 Å². The van der Waals surface area contributed by atoms with Crippen LogP contribution in [0.4, 0.5) is 0 Å². The molecule has 0 bridgehead atoms. The van der Waals surface area contributed by atoms with Gasteiger partial charge in [-0.25, -0.2) is 9.59 Å². The molecule has 2 aromatic rings. The maximum absolute atomic E-state index is 12.5. The molecule has 1 unspecified atom stereocenters. The molecule has 0 aliphatic carbocycles. The van der Waals surface area contributed by atoms with Crippen molar-refractivity contribution in [1.29, 1.82) is 0 Å². The van der Waals surface area contributed by atoms with Gasteiger partial charge in [-0.1, -0.05) is 30.3 Å². The van der Waals surface area contributed by atoms with E-state index in [9.17, 15) is 13.8 Å². The first-order chi connectivity index (χ1) is 13.8. The van der Waals surface area contributed by atoms with Crippen LogP contribution in [-0.4, -0.2) is 51.9 Å². The van der Waals surface area contributed by atoms with Gasteiger partial charge in [0, 0.05) is 24.3 Å². The summed E-state index contributed by atoms with van der Waals surface area (Å²) in [4.78, 5) is 21.3. The molecule has 0 radical (unpaired) electrons. The fraction of sp³-hybridized carbons (Fsp3) is 0.238. The van der Waals surface area contributed by atoms with Gasteiger partial charge in [0.2, 0.25) is 0 Å². The van der Waals surface area contributed by atoms with E-state index in [-0.39, 0.29) is 0 Å². The van der Waals surface area contributed by atoms with Gasteiger partial charge in [-0.05, 0) is 48.7 Å². The molecule has 3 rings (SSSR count). The van der Waals surface area contributed by atoms with E-state index in [0.29, 0.717) is 17.9 Å². The molecule has 0 fully saturated rings. The summed E-state index contributed by atoms with van der Waals surface area (Å²) < 4.78 is 13.6. The Labute approximate surface area is 176 Å². The predicted molar refractivity (Wildman–Crippen MR) is 116 cm³/mol. The summed E-state index contributed by atoms with van der Waals surface area (Å²) in [5.41, 5.74) is 4.83. The van der Waals surface area contributed by atoms with Crippen LogP contribution in [-0.2, 0) is 26.1 Å². The Balaban J connectivity index is 0.000000321. The molecule has 0 spiro atoms. The van der Waals surface area contributed by atoms with E-state index in [2.05, 4.69) is 54.7 Å². The van der Waals surface area contributed by atoms with Gasteiger partial charge in [0.05, 0.1) is 20.8 Å². The molecular formula is C21H23NO5S2. The molecule has 1 aliphatic heterocycles. The number of carboxylic acids is 2. The molecule has 2 N–H and O–H groups in total. The molecule has 154 valence electrons. The zero-order chi connectivity index (χ0) is 21.4. The third-order valence-electron chi connectivity index (χ3n) is 4.01. The maximum Gasteiger partial charge on any atom is 0.328 e. The summed E-state index contributed by atoms with van der Waals surface area (Å²) in [6, 6.07) is 10.5. The predicted octanol–water partition coefficient (Wildman–Crippen LogP) is 3.46. The number of fused-ring (bicyclic) bond motifs is 2. The van der Waals surface area contributed by atoms with Crippen molar-refractivity contribution >= 4 is 39.6 Å². The number of hydrogen-bond donors (Lipinski definition) is 2. The number of benzene rings is 1. The summed E-state index contributed by atoms with van der Waals surface area (Å²) in [6.45, 7) is 1.02. The standard InChI is InChI=1S/C17H19NOS2.C4H4O4/c1-18(2)10-5-8-15-14-7-4-3-6-13(14)12-21(19)17-16(15)9-11-20-17;5-3(6)1-2-4(7)8/h3-4,6-9,11H,5,10,12H2,1-2H3;1-2H,(H,5,6)(H,7,8). The Morgan fingerprint density at radius 1 is 1.10 bits per heavy atom. The Morgan fingerprint density at radius 3 is 2.38 bits per heavy atom. The third kappa shape index (κ3) is 6.77. The van der Waals surface area contributed by atoms with E-state index in [1.54, 1.807) is 11.3 Å². The lowest BCUT2D eigenvalue weighted by atomic mass is 9.95. The van der Waals surface area contributed by atoms with Crippen LogP contribution in [0.3, 0.4) is 0 Å². The Hall–Kier alpha value is -2.55. The van der Waals surface area contributed by atoms with Gasteiger partial charge < -0.3 is 15.1 Å². The number of hydrogen-bond acceptors (Lipinski definition) is 5. The van der Waals surface area contributed by atoms with Crippen LogP contribution in [0.2, 0.25) is 0 Å². The highest BCUT2D eigenvalue weighted by molar-refractivity contribution is 7.86. The molecule has 1 aromatic heterocycles. The lowest BCUT2D eigenvalue weighted by Gasteiger charge is -2.11. The number of nitrogens with zero attached hydrogens (tertiary/aromatic N) is 1. The van der Waals surface area contributed by atoms with Crippen LogP contribution in [0, 0.1) is 0 Å². The van der Waals surface area contributed by atoms with Crippen LogP contribution < -0.4 is 0 Å². The first-order valence-corrected chi connectivity index (χ1v) is 11.0. The van der Waals surface area contributed by atoms with Crippen LogP contribution in [0.5, 0.6) is 0 Å². The molecule has 8 heteroatoms. The van der Waals surface area contributed by atoms with Crippen LogP contribution in [0.1, 0.15) is 23.1 Å². The van der Waals surface area contributed by atoms with Crippen molar-refractivity contribution in [3.8, 4) is 0 Å². The molecule has 0 saturated carbocycles. The second kappa shape index (κ2) is 10.8. The van der Waals surface area contributed by atoms with Crippen molar-refractivity contribution in [2.45, 2.75) is 16.4 Å². The van der Waals surface area contributed by atoms with Gasteiger partial charge >= 0.3 is 11.9 Å². The Bertz CT molecular complexity index is 943. The van der Waals surface area contributed by atoms with E-state index < -0.39 is 22.7 Å². The van der Waals surface area contributed by atoms with Gasteiger partial charge in [-0.3, -0.25) is 4.21 Å². The number of aliphatic carboxylic acids is 2. The van der Waals surface area contributed by atoms with E-state index in [1.807, 2.05) is 6.07 Å². The maximum atomic E-state index is 12.5. The molecule has 0 saturated heterocycles. The highest BCUT2D eigenvalue weighted by Crippen LogP contribution is 2.38. The summed E-state index contributed by atoms with van der Waals surface area (Å²) in [5.74, 6) is -1.89. The van der Waals surface area contributed by atoms with Gasteiger partial charge in [-0.2, -0.15) is 0 Å².